The third-order valence-electron chi connectivity index (χ3n) is 4.57. The molecular weight excluding hydrogens is 288 g/mol. The van der Waals surface area contributed by atoms with Gasteiger partial charge in [0.25, 0.3) is 0 Å². The lowest BCUT2D eigenvalue weighted by atomic mass is 9.97. The molecule has 0 N–H and O–H groups in total. The van der Waals surface area contributed by atoms with Crippen molar-refractivity contribution < 1.29 is 4.74 Å². The van der Waals surface area contributed by atoms with Crippen LogP contribution in [0.15, 0.2) is 30.5 Å². The zero-order valence-corrected chi connectivity index (χ0v) is 14.1. The van der Waals surface area contributed by atoms with Gasteiger partial charge in [-0.25, -0.2) is 4.98 Å². The molecule has 1 fully saturated rings. The van der Waals surface area contributed by atoms with Crippen LogP contribution in [0.2, 0.25) is 0 Å². The van der Waals surface area contributed by atoms with Crippen LogP contribution in [-0.2, 0) is 4.74 Å². The maximum Gasteiger partial charge on any atom is 0.147 e. The van der Waals surface area contributed by atoms with E-state index in [2.05, 4.69) is 21.8 Å². The van der Waals surface area contributed by atoms with E-state index in [1.165, 1.54) is 19.4 Å². The van der Waals surface area contributed by atoms with E-state index < -0.39 is 0 Å². The molecule has 5 heteroatoms. The second-order valence-electron chi connectivity index (χ2n) is 6.40. The molecule has 2 aromatic rings. The van der Waals surface area contributed by atoms with Crippen LogP contribution in [0.25, 0.3) is 11.0 Å². The van der Waals surface area contributed by atoms with E-state index >= 15 is 0 Å². The first-order chi connectivity index (χ1) is 11.3. The number of benzene rings is 1. The van der Waals surface area contributed by atoms with Crippen molar-refractivity contribution in [3.63, 3.8) is 0 Å². The predicted octanol–water partition coefficient (Wildman–Crippen LogP) is 2.42. The van der Waals surface area contributed by atoms with Crippen molar-refractivity contribution in [2.24, 2.45) is 5.92 Å². The minimum atomic E-state index is 0.680. The van der Waals surface area contributed by atoms with Gasteiger partial charge in [-0.2, -0.15) is 0 Å². The molecule has 124 valence electrons. The molecule has 1 aliphatic rings. The van der Waals surface area contributed by atoms with Crippen LogP contribution in [0.1, 0.15) is 12.8 Å². The summed E-state index contributed by atoms with van der Waals surface area (Å²) in [5.41, 5.74) is 1.91. The molecule has 1 aromatic carbocycles. The first-order valence-corrected chi connectivity index (χ1v) is 8.40. The maximum atomic E-state index is 5.20. The van der Waals surface area contributed by atoms with Crippen molar-refractivity contribution >= 4 is 16.9 Å². The molecule has 3 rings (SSSR count). The highest BCUT2D eigenvalue weighted by Gasteiger charge is 2.21. The second kappa shape index (κ2) is 7.70. The van der Waals surface area contributed by atoms with Gasteiger partial charge in [-0.05, 0) is 37.4 Å². The van der Waals surface area contributed by atoms with Crippen molar-refractivity contribution in [3.05, 3.63) is 30.5 Å². The minimum Gasteiger partial charge on any atom is -0.383 e. The van der Waals surface area contributed by atoms with Gasteiger partial charge in [0.1, 0.15) is 5.82 Å². The Balaban J connectivity index is 1.62. The Hall–Kier alpha value is -1.72. The monoisotopic (exact) mass is 314 g/mol. The van der Waals surface area contributed by atoms with Gasteiger partial charge >= 0.3 is 0 Å². The van der Waals surface area contributed by atoms with Crippen molar-refractivity contribution in [2.45, 2.75) is 12.8 Å². The first kappa shape index (κ1) is 16.1. The molecule has 1 aromatic heterocycles. The van der Waals surface area contributed by atoms with Crippen molar-refractivity contribution in [1.29, 1.82) is 0 Å². The summed E-state index contributed by atoms with van der Waals surface area (Å²) in [5, 5.41) is 0. The van der Waals surface area contributed by atoms with Crippen LogP contribution in [0.3, 0.4) is 0 Å². The molecule has 1 saturated heterocycles. The third kappa shape index (κ3) is 4.18. The highest BCUT2D eigenvalue weighted by atomic mass is 16.5. The largest absolute Gasteiger partial charge is 0.383 e. The number of para-hydroxylation sites is 2. The van der Waals surface area contributed by atoms with Crippen molar-refractivity contribution in [2.75, 3.05) is 51.8 Å². The quantitative estimate of drug-likeness (QED) is 0.819. The number of nitrogens with zero attached hydrogens (tertiary/aromatic N) is 4. The number of likely N-dealkylation sites (tertiary alicyclic amines) is 1. The van der Waals surface area contributed by atoms with E-state index in [1.54, 1.807) is 7.11 Å². The summed E-state index contributed by atoms with van der Waals surface area (Å²) in [5.74, 6) is 1.64. The number of methoxy groups -OCH3 is 1. The highest BCUT2D eigenvalue weighted by molar-refractivity contribution is 5.75. The number of piperidine rings is 1. The Labute approximate surface area is 138 Å². The van der Waals surface area contributed by atoms with Gasteiger partial charge in [0.2, 0.25) is 0 Å². The summed E-state index contributed by atoms with van der Waals surface area (Å²) < 4.78 is 5.20. The lowest BCUT2D eigenvalue weighted by Gasteiger charge is -2.34. The molecule has 0 radical (unpaired) electrons. The number of fused-ring (bicyclic) bond motifs is 1. The first-order valence-electron chi connectivity index (χ1n) is 8.40. The minimum absolute atomic E-state index is 0.680. The summed E-state index contributed by atoms with van der Waals surface area (Å²) in [6.45, 7) is 5.22. The van der Waals surface area contributed by atoms with Crippen molar-refractivity contribution in [3.8, 4) is 0 Å². The van der Waals surface area contributed by atoms with Gasteiger partial charge in [-0.3, -0.25) is 4.98 Å². The normalized spacial score (nSPS) is 19.1. The molecule has 0 saturated carbocycles. The van der Waals surface area contributed by atoms with E-state index in [-0.39, 0.29) is 0 Å². The number of anilines is 1. The van der Waals surface area contributed by atoms with Gasteiger partial charge < -0.3 is 14.5 Å². The van der Waals surface area contributed by atoms with Gasteiger partial charge in [-0.15, -0.1) is 0 Å². The number of hydrogen-bond acceptors (Lipinski definition) is 5. The Morgan fingerprint density at radius 3 is 2.96 bits per heavy atom. The van der Waals surface area contributed by atoms with Gasteiger partial charge in [0, 0.05) is 33.8 Å². The zero-order valence-electron chi connectivity index (χ0n) is 14.1. The fourth-order valence-corrected chi connectivity index (χ4v) is 3.34. The summed E-state index contributed by atoms with van der Waals surface area (Å²) in [7, 11) is 3.89. The van der Waals surface area contributed by atoms with Crippen LogP contribution in [-0.4, -0.2) is 61.8 Å². The Morgan fingerprint density at radius 2 is 2.13 bits per heavy atom. The van der Waals surface area contributed by atoms with E-state index in [1.807, 2.05) is 30.5 Å². The fraction of sp³-hybridized carbons (Fsp3) is 0.556. The topological polar surface area (TPSA) is 41.5 Å². The molecule has 0 spiro atoms. The molecule has 5 nitrogen and oxygen atoms in total. The number of ether oxygens (including phenoxy) is 1. The van der Waals surface area contributed by atoms with Crippen LogP contribution in [0, 0.1) is 5.92 Å². The summed E-state index contributed by atoms with van der Waals surface area (Å²) in [6, 6.07) is 8.03. The van der Waals surface area contributed by atoms with Crippen LogP contribution in [0.5, 0.6) is 0 Å². The van der Waals surface area contributed by atoms with E-state index in [4.69, 9.17) is 9.72 Å². The molecule has 23 heavy (non-hydrogen) atoms. The average molecular weight is 314 g/mol. The predicted molar refractivity (Wildman–Crippen MR) is 93.8 cm³/mol. The molecule has 2 heterocycles. The highest BCUT2D eigenvalue weighted by Crippen LogP contribution is 2.20. The zero-order chi connectivity index (χ0) is 16.1. The molecule has 0 amide bonds. The average Bonchev–Trinajstić information content (AvgIpc) is 2.60. The summed E-state index contributed by atoms with van der Waals surface area (Å²) in [4.78, 5) is 14.0. The maximum absolute atomic E-state index is 5.20. The molecule has 1 unspecified atom stereocenters. The Bertz CT molecular complexity index is 633. The molecule has 1 aliphatic heterocycles. The summed E-state index contributed by atoms with van der Waals surface area (Å²) >= 11 is 0. The SMILES string of the molecule is COCCN1CCCC(CN(C)c2cnc3ccccc3n2)C1. The van der Waals surface area contributed by atoms with Gasteiger partial charge in [0.05, 0.1) is 23.8 Å². The molecule has 0 bridgehead atoms. The molecule has 0 aliphatic carbocycles. The number of hydrogen-bond donors (Lipinski definition) is 0. The standard InChI is InChI=1S/C18H26N4O/c1-21(13-15-6-5-9-22(14-15)10-11-23-2)18-12-19-16-7-3-4-8-17(16)20-18/h3-4,7-8,12,15H,5-6,9-11,13-14H2,1-2H3. The van der Waals surface area contributed by atoms with Gasteiger partial charge in [-0.1, -0.05) is 12.1 Å². The van der Waals surface area contributed by atoms with Crippen LogP contribution >= 0.6 is 0 Å². The lowest BCUT2D eigenvalue weighted by Crippen LogP contribution is -2.41. The van der Waals surface area contributed by atoms with Gasteiger partial charge in [0.15, 0.2) is 0 Å². The van der Waals surface area contributed by atoms with E-state index in [0.717, 1.165) is 43.1 Å². The molecular formula is C18H26N4O. The number of aromatic nitrogens is 2. The third-order valence-corrected chi connectivity index (χ3v) is 4.57. The number of rotatable bonds is 6. The molecule has 1 atom stereocenters. The Morgan fingerprint density at radius 1 is 1.30 bits per heavy atom. The second-order valence-corrected chi connectivity index (χ2v) is 6.40. The van der Waals surface area contributed by atoms with Crippen LogP contribution in [0.4, 0.5) is 5.82 Å². The smallest absolute Gasteiger partial charge is 0.147 e. The van der Waals surface area contributed by atoms with E-state index in [9.17, 15) is 0 Å². The lowest BCUT2D eigenvalue weighted by molar-refractivity contribution is 0.116. The Kier molecular flexibility index (Phi) is 5.41. The van der Waals surface area contributed by atoms with Crippen molar-refractivity contribution in [1.82, 2.24) is 14.9 Å². The van der Waals surface area contributed by atoms with Crippen LogP contribution < -0.4 is 4.90 Å². The fourth-order valence-electron chi connectivity index (χ4n) is 3.34. The summed E-state index contributed by atoms with van der Waals surface area (Å²) in [6.07, 6.45) is 4.44. The van der Waals surface area contributed by atoms with E-state index in [0.29, 0.717) is 5.92 Å².